The van der Waals surface area contributed by atoms with Crippen LogP contribution in [0.4, 0.5) is 13.2 Å². The molecule has 0 bridgehead atoms. The van der Waals surface area contributed by atoms with Crippen molar-refractivity contribution in [3.8, 4) is 11.1 Å². The number of hydrogen-bond donors (Lipinski definition) is 3. The maximum absolute atomic E-state index is 13.1. The van der Waals surface area contributed by atoms with Gasteiger partial charge in [-0.3, -0.25) is 0 Å². The van der Waals surface area contributed by atoms with Crippen LogP contribution in [-0.4, -0.2) is 23.8 Å². The summed E-state index contributed by atoms with van der Waals surface area (Å²) in [5.74, 6) is 0. The van der Waals surface area contributed by atoms with Crippen LogP contribution in [0.2, 0.25) is 0 Å². The van der Waals surface area contributed by atoms with E-state index in [1.807, 2.05) is 54.6 Å². The Balaban J connectivity index is 1.33. The van der Waals surface area contributed by atoms with Crippen LogP contribution in [0.15, 0.2) is 103 Å². The van der Waals surface area contributed by atoms with Gasteiger partial charge in [0.15, 0.2) is 0 Å². The molecule has 0 saturated heterocycles. The summed E-state index contributed by atoms with van der Waals surface area (Å²) in [6.45, 7) is 0.463. The van der Waals surface area contributed by atoms with E-state index in [4.69, 9.17) is 0 Å². The van der Waals surface area contributed by atoms with Crippen LogP contribution in [0.5, 0.6) is 0 Å². The number of hydrogen-bond acceptors (Lipinski definition) is 3. The van der Waals surface area contributed by atoms with Gasteiger partial charge in [0, 0.05) is 19.1 Å². The minimum atomic E-state index is -4.38. The van der Waals surface area contributed by atoms with E-state index in [1.165, 1.54) is 28.3 Å². The van der Waals surface area contributed by atoms with E-state index in [1.54, 1.807) is 6.07 Å². The zero-order valence-corrected chi connectivity index (χ0v) is 20.2. The Labute approximate surface area is 215 Å². The lowest BCUT2D eigenvalue weighted by Gasteiger charge is -2.29. The molecule has 0 heterocycles. The molecule has 6 heteroatoms. The van der Waals surface area contributed by atoms with E-state index < -0.39 is 17.8 Å². The highest BCUT2D eigenvalue weighted by molar-refractivity contribution is 5.78. The summed E-state index contributed by atoms with van der Waals surface area (Å²) in [5, 5.41) is 18.2. The molecule has 190 valence electrons. The third-order valence-corrected chi connectivity index (χ3v) is 6.91. The number of alkyl halides is 3. The Kier molecular flexibility index (Phi) is 7.42. The molecule has 1 aliphatic rings. The standard InChI is InChI=1S/C31H29F3N2O/c32-31(33,34)23-12-8-11-22(17-23)19-35-20-29(37)28(18-21-9-2-1-3-10-21)36-30-26-15-6-4-13-24(26)25-14-5-7-16-27(25)30/h1-17,28-30,35-37H,18-20H2/t28-,29+/m0/s1. The maximum atomic E-state index is 13.1. The number of rotatable bonds is 9. The molecule has 0 amide bonds. The first-order valence-electron chi connectivity index (χ1n) is 12.4. The molecule has 4 aromatic rings. The predicted octanol–water partition coefficient (Wildman–Crippen LogP) is 6.13. The molecule has 3 nitrogen and oxygen atoms in total. The summed E-state index contributed by atoms with van der Waals surface area (Å²) in [6.07, 6.45) is -4.55. The smallest absolute Gasteiger partial charge is 0.390 e. The molecule has 0 fully saturated rings. The number of benzene rings is 4. The molecule has 0 aromatic heterocycles. The predicted molar refractivity (Wildman–Crippen MR) is 140 cm³/mol. The molecule has 3 N–H and O–H groups in total. The molecular formula is C31H29F3N2O. The molecule has 5 rings (SSSR count). The van der Waals surface area contributed by atoms with Crippen LogP contribution in [0.1, 0.15) is 33.9 Å². The van der Waals surface area contributed by atoms with Crippen LogP contribution in [-0.2, 0) is 19.1 Å². The molecule has 2 atom stereocenters. The second-order valence-corrected chi connectivity index (χ2v) is 9.47. The summed E-state index contributed by atoms with van der Waals surface area (Å²) in [5.41, 5.74) is 5.66. The number of fused-ring (bicyclic) bond motifs is 3. The fourth-order valence-corrected chi connectivity index (χ4v) is 5.09. The molecule has 1 aliphatic carbocycles. The third-order valence-electron chi connectivity index (χ3n) is 6.91. The van der Waals surface area contributed by atoms with Crippen molar-refractivity contribution in [2.45, 2.75) is 37.3 Å². The van der Waals surface area contributed by atoms with Gasteiger partial charge in [0.1, 0.15) is 0 Å². The maximum Gasteiger partial charge on any atom is 0.416 e. The Morgan fingerprint density at radius 3 is 1.97 bits per heavy atom. The number of aliphatic hydroxyl groups excluding tert-OH is 1. The summed E-state index contributed by atoms with van der Waals surface area (Å²) in [4.78, 5) is 0. The van der Waals surface area contributed by atoms with Gasteiger partial charge < -0.3 is 15.7 Å². The van der Waals surface area contributed by atoms with Crippen LogP contribution in [0.3, 0.4) is 0 Å². The topological polar surface area (TPSA) is 44.3 Å². The normalized spacial score (nSPS) is 14.7. The van der Waals surface area contributed by atoms with E-state index in [0.29, 0.717) is 12.0 Å². The first-order valence-corrected chi connectivity index (χ1v) is 12.4. The Morgan fingerprint density at radius 2 is 1.32 bits per heavy atom. The second-order valence-electron chi connectivity index (χ2n) is 9.47. The van der Waals surface area contributed by atoms with Gasteiger partial charge in [-0.25, -0.2) is 0 Å². The number of nitrogens with one attached hydrogen (secondary N) is 2. The second kappa shape index (κ2) is 10.9. The highest BCUT2D eigenvalue weighted by Gasteiger charge is 2.32. The molecule has 37 heavy (non-hydrogen) atoms. The van der Waals surface area contributed by atoms with Crippen molar-refractivity contribution >= 4 is 0 Å². The molecule has 0 unspecified atom stereocenters. The largest absolute Gasteiger partial charge is 0.416 e. The van der Waals surface area contributed by atoms with Gasteiger partial charge in [0.25, 0.3) is 0 Å². The zero-order chi connectivity index (χ0) is 25.8. The quantitative estimate of drug-likeness (QED) is 0.258. The summed E-state index contributed by atoms with van der Waals surface area (Å²) in [7, 11) is 0. The van der Waals surface area contributed by atoms with Crippen LogP contribution >= 0.6 is 0 Å². The van der Waals surface area contributed by atoms with Crippen LogP contribution in [0, 0.1) is 0 Å². The van der Waals surface area contributed by atoms with Gasteiger partial charge >= 0.3 is 6.18 Å². The Morgan fingerprint density at radius 1 is 0.730 bits per heavy atom. The lowest BCUT2D eigenvalue weighted by molar-refractivity contribution is -0.137. The monoisotopic (exact) mass is 502 g/mol. The summed E-state index contributed by atoms with van der Waals surface area (Å²) in [6, 6.07) is 31.5. The van der Waals surface area contributed by atoms with Gasteiger partial charge in [0.2, 0.25) is 0 Å². The number of halogens is 3. The molecule has 4 aromatic carbocycles. The highest BCUT2D eigenvalue weighted by atomic mass is 19.4. The first-order chi connectivity index (χ1) is 17.9. The summed E-state index contributed by atoms with van der Waals surface area (Å²) < 4.78 is 39.2. The SMILES string of the molecule is O[C@H](CNCc1cccc(C(F)(F)F)c1)[C@H](Cc1ccccc1)NC1c2ccccc2-c2ccccc21. The lowest BCUT2D eigenvalue weighted by atomic mass is 9.97. The van der Waals surface area contributed by atoms with Crippen molar-refractivity contribution < 1.29 is 18.3 Å². The van der Waals surface area contributed by atoms with Crippen molar-refractivity contribution in [2.24, 2.45) is 0 Å². The fourth-order valence-electron chi connectivity index (χ4n) is 5.09. The van der Waals surface area contributed by atoms with E-state index in [9.17, 15) is 18.3 Å². The van der Waals surface area contributed by atoms with Crippen molar-refractivity contribution in [3.63, 3.8) is 0 Å². The average molecular weight is 503 g/mol. The number of aliphatic hydroxyl groups is 1. The van der Waals surface area contributed by atoms with Crippen molar-refractivity contribution in [1.82, 2.24) is 10.6 Å². The lowest BCUT2D eigenvalue weighted by Crippen LogP contribution is -2.47. The van der Waals surface area contributed by atoms with Gasteiger partial charge in [-0.2, -0.15) is 13.2 Å². The molecule has 0 aliphatic heterocycles. The third kappa shape index (κ3) is 5.77. The van der Waals surface area contributed by atoms with E-state index in [0.717, 1.165) is 17.7 Å². The van der Waals surface area contributed by atoms with Crippen LogP contribution < -0.4 is 10.6 Å². The minimum absolute atomic E-state index is 0.0702. The van der Waals surface area contributed by atoms with Crippen molar-refractivity contribution in [1.29, 1.82) is 0 Å². The Hall–Kier alpha value is -3.45. The molecular weight excluding hydrogens is 473 g/mol. The minimum Gasteiger partial charge on any atom is -0.390 e. The van der Waals surface area contributed by atoms with Crippen molar-refractivity contribution in [3.05, 3.63) is 131 Å². The molecule has 0 spiro atoms. The average Bonchev–Trinajstić information content (AvgIpc) is 3.22. The van der Waals surface area contributed by atoms with Gasteiger partial charge in [-0.05, 0) is 45.9 Å². The summed E-state index contributed by atoms with van der Waals surface area (Å²) >= 11 is 0. The Bertz CT molecular complexity index is 1290. The highest BCUT2D eigenvalue weighted by Crippen LogP contribution is 2.43. The van der Waals surface area contributed by atoms with E-state index >= 15 is 0 Å². The van der Waals surface area contributed by atoms with Gasteiger partial charge in [0.05, 0.1) is 17.7 Å². The van der Waals surface area contributed by atoms with Gasteiger partial charge in [-0.15, -0.1) is 0 Å². The van der Waals surface area contributed by atoms with Crippen LogP contribution in [0.25, 0.3) is 11.1 Å². The molecule has 0 radical (unpaired) electrons. The van der Waals surface area contributed by atoms with E-state index in [-0.39, 0.29) is 25.2 Å². The van der Waals surface area contributed by atoms with Crippen molar-refractivity contribution in [2.75, 3.05) is 6.54 Å². The zero-order valence-electron chi connectivity index (χ0n) is 20.2. The van der Waals surface area contributed by atoms with E-state index in [2.05, 4.69) is 34.9 Å². The first kappa shape index (κ1) is 25.2. The van der Waals surface area contributed by atoms with Gasteiger partial charge in [-0.1, -0.05) is 97.1 Å². The fraction of sp³-hybridized carbons (Fsp3) is 0.226. The molecule has 0 saturated carbocycles.